The molecule has 0 bridgehead atoms. The zero-order valence-corrected chi connectivity index (χ0v) is 16.2. The van der Waals surface area contributed by atoms with Crippen LogP contribution in [0.15, 0.2) is 46.9 Å². The number of hydrogen-bond donors (Lipinski definition) is 1. The van der Waals surface area contributed by atoms with Crippen molar-refractivity contribution in [3.05, 3.63) is 70.7 Å². The van der Waals surface area contributed by atoms with E-state index in [-0.39, 0.29) is 18.3 Å². The maximum absolute atomic E-state index is 13.3. The molecule has 0 spiro atoms. The molecule has 1 aliphatic rings. The molecule has 0 radical (unpaired) electrons. The molecule has 3 aromatic rings. The fourth-order valence-electron chi connectivity index (χ4n) is 3.51. The van der Waals surface area contributed by atoms with Crippen molar-refractivity contribution in [2.24, 2.45) is 5.73 Å². The Kier molecular flexibility index (Phi) is 5.35. The lowest BCUT2D eigenvalue weighted by Crippen LogP contribution is -2.32. The standard InChI is InChI=1S/C21H21N3O2.ClH/c1-13-11-15(7-8-16(13)12-22)21(25)24-10-9-18-20(26-14(2)23-18)17-5-3-4-6-19(17)24;/h3-8,11H,9-10,12,22H2,1-2H3;1H. The van der Waals surface area contributed by atoms with Crippen LogP contribution in [0.4, 0.5) is 5.69 Å². The van der Waals surface area contributed by atoms with Gasteiger partial charge in [-0.05, 0) is 42.3 Å². The first-order chi connectivity index (χ1) is 12.6. The number of hydrogen-bond acceptors (Lipinski definition) is 4. The summed E-state index contributed by atoms with van der Waals surface area (Å²) in [4.78, 5) is 19.6. The third-order valence-corrected chi connectivity index (χ3v) is 4.87. The van der Waals surface area contributed by atoms with E-state index in [9.17, 15) is 4.79 Å². The van der Waals surface area contributed by atoms with Crippen molar-refractivity contribution in [2.75, 3.05) is 11.4 Å². The second kappa shape index (κ2) is 7.55. The summed E-state index contributed by atoms with van der Waals surface area (Å²) < 4.78 is 5.83. The van der Waals surface area contributed by atoms with E-state index in [2.05, 4.69) is 4.98 Å². The molecule has 0 saturated carbocycles. The zero-order chi connectivity index (χ0) is 18.3. The predicted molar refractivity (Wildman–Crippen MR) is 108 cm³/mol. The highest BCUT2D eigenvalue weighted by atomic mass is 35.5. The third-order valence-electron chi connectivity index (χ3n) is 4.87. The van der Waals surface area contributed by atoms with Crippen molar-refractivity contribution < 1.29 is 9.21 Å². The maximum atomic E-state index is 13.3. The van der Waals surface area contributed by atoms with Crippen molar-refractivity contribution in [1.82, 2.24) is 4.98 Å². The molecule has 0 saturated heterocycles. The number of para-hydroxylation sites is 1. The van der Waals surface area contributed by atoms with Crippen LogP contribution in [-0.4, -0.2) is 17.4 Å². The second-order valence-electron chi connectivity index (χ2n) is 6.58. The normalized spacial score (nSPS) is 12.6. The number of nitrogens with zero attached hydrogens (tertiary/aromatic N) is 2. The van der Waals surface area contributed by atoms with Crippen LogP contribution in [0.25, 0.3) is 11.3 Å². The Labute approximate surface area is 164 Å². The number of carbonyl (C=O) groups is 1. The summed E-state index contributed by atoms with van der Waals surface area (Å²) >= 11 is 0. The molecule has 1 aromatic heterocycles. The first-order valence-electron chi connectivity index (χ1n) is 8.75. The number of carbonyl (C=O) groups excluding carboxylic acids is 1. The Morgan fingerprint density at radius 2 is 2.00 bits per heavy atom. The van der Waals surface area contributed by atoms with Crippen LogP contribution < -0.4 is 10.6 Å². The van der Waals surface area contributed by atoms with Gasteiger partial charge < -0.3 is 15.1 Å². The van der Waals surface area contributed by atoms with Crippen molar-refractivity contribution in [1.29, 1.82) is 0 Å². The number of aromatic nitrogens is 1. The highest BCUT2D eigenvalue weighted by molar-refractivity contribution is 6.08. The lowest BCUT2D eigenvalue weighted by Gasteiger charge is -2.23. The Hall–Kier alpha value is -2.63. The van der Waals surface area contributed by atoms with Gasteiger partial charge in [0, 0.05) is 37.6 Å². The number of oxazole rings is 1. The van der Waals surface area contributed by atoms with Gasteiger partial charge in [-0.25, -0.2) is 4.98 Å². The summed E-state index contributed by atoms with van der Waals surface area (Å²) in [6.45, 7) is 4.86. The average molecular weight is 384 g/mol. The minimum absolute atomic E-state index is 0. The van der Waals surface area contributed by atoms with E-state index >= 15 is 0 Å². The van der Waals surface area contributed by atoms with E-state index < -0.39 is 0 Å². The second-order valence-corrected chi connectivity index (χ2v) is 6.58. The zero-order valence-electron chi connectivity index (χ0n) is 15.4. The molecule has 0 aliphatic carbocycles. The number of nitrogens with two attached hydrogens (primary N) is 1. The number of aryl methyl sites for hydroxylation is 2. The largest absolute Gasteiger partial charge is 0.441 e. The molecule has 4 rings (SSSR count). The number of rotatable bonds is 2. The monoisotopic (exact) mass is 383 g/mol. The van der Waals surface area contributed by atoms with Crippen LogP contribution in [0.2, 0.25) is 0 Å². The van der Waals surface area contributed by atoms with Gasteiger partial charge >= 0.3 is 0 Å². The number of amides is 1. The van der Waals surface area contributed by atoms with Crippen LogP contribution in [0.3, 0.4) is 0 Å². The fourth-order valence-corrected chi connectivity index (χ4v) is 3.51. The van der Waals surface area contributed by atoms with Crippen molar-refractivity contribution >= 4 is 24.0 Å². The Morgan fingerprint density at radius 3 is 2.74 bits per heavy atom. The van der Waals surface area contributed by atoms with Crippen LogP contribution in [0.5, 0.6) is 0 Å². The van der Waals surface area contributed by atoms with Crippen LogP contribution in [0, 0.1) is 13.8 Å². The molecule has 2 heterocycles. The third kappa shape index (κ3) is 3.36. The van der Waals surface area contributed by atoms with Gasteiger partial charge in [0.25, 0.3) is 5.91 Å². The van der Waals surface area contributed by atoms with E-state index in [0.717, 1.165) is 33.8 Å². The molecule has 2 N–H and O–H groups in total. The first kappa shape index (κ1) is 19.1. The molecular weight excluding hydrogens is 362 g/mol. The van der Waals surface area contributed by atoms with Gasteiger partial charge in [0.15, 0.2) is 11.7 Å². The summed E-state index contributed by atoms with van der Waals surface area (Å²) in [6.07, 6.45) is 0.660. The molecule has 2 aromatic carbocycles. The average Bonchev–Trinajstić information content (AvgIpc) is 2.95. The molecule has 0 atom stereocenters. The van der Waals surface area contributed by atoms with Crippen LogP contribution in [0.1, 0.15) is 33.1 Å². The summed E-state index contributed by atoms with van der Waals surface area (Å²) in [5.74, 6) is 1.40. The lowest BCUT2D eigenvalue weighted by atomic mass is 10.0. The molecule has 5 nitrogen and oxygen atoms in total. The van der Waals surface area contributed by atoms with Gasteiger partial charge in [-0.15, -0.1) is 12.4 Å². The lowest BCUT2D eigenvalue weighted by molar-refractivity contribution is 0.0987. The summed E-state index contributed by atoms with van der Waals surface area (Å²) in [6, 6.07) is 13.5. The number of benzene rings is 2. The summed E-state index contributed by atoms with van der Waals surface area (Å²) in [5.41, 5.74) is 11.2. The number of anilines is 1. The van der Waals surface area contributed by atoms with Crippen molar-refractivity contribution in [3.63, 3.8) is 0 Å². The molecule has 140 valence electrons. The van der Waals surface area contributed by atoms with Crippen molar-refractivity contribution in [3.8, 4) is 11.3 Å². The minimum Gasteiger partial charge on any atom is -0.441 e. The fraction of sp³-hybridized carbons (Fsp3) is 0.238. The van der Waals surface area contributed by atoms with Gasteiger partial charge in [0.05, 0.1) is 11.4 Å². The smallest absolute Gasteiger partial charge is 0.258 e. The van der Waals surface area contributed by atoms with Gasteiger partial charge in [0.2, 0.25) is 0 Å². The first-order valence-corrected chi connectivity index (χ1v) is 8.75. The predicted octanol–water partition coefficient (Wildman–Crippen LogP) is 4.04. The van der Waals surface area contributed by atoms with Gasteiger partial charge in [0.1, 0.15) is 0 Å². The summed E-state index contributed by atoms with van der Waals surface area (Å²) in [7, 11) is 0. The number of halogens is 1. The minimum atomic E-state index is -0.0222. The van der Waals surface area contributed by atoms with E-state index in [0.29, 0.717) is 31.0 Å². The topological polar surface area (TPSA) is 72.4 Å². The van der Waals surface area contributed by atoms with E-state index in [1.807, 2.05) is 61.2 Å². The van der Waals surface area contributed by atoms with Gasteiger partial charge in [-0.2, -0.15) is 0 Å². The quantitative estimate of drug-likeness (QED) is 0.724. The van der Waals surface area contributed by atoms with E-state index in [4.69, 9.17) is 10.2 Å². The molecule has 1 aliphatic heterocycles. The van der Waals surface area contributed by atoms with Gasteiger partial charge in [-0.3, -0.25) is 4.79 Å². The molecule has 0 fully saturated rings. The van der Waals surface area contributed by atoms with Crippen molar-refractivity contribution in [2.45, 2.75) is 26.8 Å². The Bertz CT molecular complexity index is 997. The molecule has 6 heteroatoms. The van der Waals surface area contributed by atoms with Crippen LogP contribution in [-0.2, 0) is 13.0 Å². The molecule has 27 heavy (non-hydrogen) atoms. The Morgan fingerprint density at radius 1 is 1.22 bits per heavy atom. The SMILES string of the molecule is Cc1nc2c(o1)-c1ccccc1N(C(=O)c1ccc(CN)c(C)c1)CC2.Cl. The number of fused-ring (bicyclic) bond motifs is 3. The molecule has 1 amide bonds. The Balaban J connectivity index is 0.00000210. The van der Waals surface area contributed by atoms with E-state index in [1.54, 1.807) is 0 Å². The highest BCUT2D eigenvalue weighted by Crippen LogP contribution is 2.37. The molecular formula is C21H22ClN3O2. The summed E-state index contributed by atoms with van der Waals surface area (Å²) in [5, 5.41) is 0. The van der Waals surface area contributed by atoms with Gasteiger partial charge in [-0.1, -0.05) is 18.2 Å². The van der Waals surface area contributed by atoms with Crippen LogP contribution >= 0.6 is 12.4 Å². The van der Waals surface area contributed by atoms with E-state index in [1.165, 1.54) is 0 Å². The maximum Gasteiger partial charge on any atom is 0.258 e. The molecule has 0 unspecified atom stereocenters. The highest BCUT2D eigenvalue weighted by Gasteiger charge is 2.28.